The quantitative estimate of drug-likeness (QED) is 0.279. The van der Waals surface area contributed by atoms with E-state index in [0.717, 1.165) is 36.8 Å². The molecule has 1 aliphatic carbocycles. The number of ether oxygens (including phenoxy) is 2. The lowest BCUT2D eigenvalue weighted by Gasteiger charge is -2.28. The maximum absolute atomic E-state index is 13.7. The highest BCUT2D eigenvalue weighted by Gasteiger charge is 2.33. The van der Waals surface area contributed by atoms with Crippen molar-refractivity contribution in [3.05, 3.63) is 68.5 Å². The van der Waals surface area contributed by atoms with Crippen LogP contribution in [0.4, 0.5) is 5.82 Å². The molecule has 3 heterocycles. The van der Waals surface area contributed by atoms with Crippen molar-refractivity contribution in [2.24, 2.45) is 5.92 Å². The highest BCUT2D eigenvalue weighted by atomic mass is 32.2. The number of thiocarbonyl (C=S) groups is 1. The van der Waals surface area contributed by atoms with Crippen LogP contribution in [0.15, 0.2) is 46.2 Å². The third-order valence-corrected chi connectivity index (χ3v) is 9.04. The highest BCUT2D eigenvalue weighted by Crippen LogP contribution is 2.34. The number of nitrogens with one attached hydrogen (secondary N) is 1. The summed E-state index contributed by atoms with van der Waals surface area (Å²) in [5.74, 6) is 2.31. The standard InChI is InChI=1S/C30H34N4O4S2/c1-18-7-10-21(11-8-18)31-26-22(28(35)33-14-5-6-19(2)27(33)32-26)17-25-29(36)34(30(39)40-25)15-13-20-9-12-23(37-3)24(16-20)38-4/h5-6,9,12,14,16-18,21,31H,7-8,10-11,13,15H2,1-4H3/b25-17+. The summed E-state index contributed by atoms with van der Waals surface area (Å²) in [4.78, 5) is 34.1. The van der Waals surface area contributed by atoms with Crippen LogP contribution >= 0.6 is 24.0 Å². The normalized spacial score (nSPS) is 20.4. The maximum atomic E-state index is 13.7. The fourth-order valence-electron chi connectivity index (χ4n) is 5.25. The summed E-state index contributed by atoms with van der Waals surface area (Å²) in [5.41, 5.74) is 2.68. The molecule has 1 N–H and O–H groups in total. The van der Waals surface area contributed by atoms with Gasteiger partial charge >= 0.3 is 0 Å². The summed E-state index contributed by atoms with van der Waals surface area (Å²) in [5, 5.41) is 3.55. The van der Waals surface area contributed by atoms with Crippen LogP contribution in [-0.4, -0.2) is 51.3 Å². The van der Waals surface area contributed by atoms with E-state index in [4.69, 9.17) is 26.7 Å². The van der Waals surface area contributed by atoms with Gasteiger partial charge in [0.25, 0.3) is 11.5 Å². The molecule has 10 heteroatoms. The zero-order valence-electron chi connectivity index (χ0n) is 23.2. The maximum Gasteiger partial charge on any atom is 0.267 e. The molecule has 1 aromatic carbocycles. The third-order valence-electron chi connectivity index (χ3n) is 7.66. The zero-order valence-corrected chi connectivity index (χ0v) is 24.9. The van der Waals surface area contributed by atoms with Gasteiger partial charge in [0.15, 0.2) is 11.5 Å². The fraction of sp³-hybridized carbons (Fsp3) is 0.400. The fourth-order valence-corrected chi connectivity index (χ4v) is 6.54. The number of carbonyl (C=O) groups is 1. The number of hydrogen-bond donors (Lipinski definition) is 1. The van der Waals surface area contributed by atoms with Gasteiger partial charge in [-0.25, -0.2) is 4.98 Å². The molecule has 3 aromatic rings. The van der Waals surface area contributed by atoms with Crippen LogP contribution in [0.3, 0.4) is 0 Å². The van der Waals surface area contributed by atoms with Gasteiger partial charge in [0, 0.05) is 18.8 Å². The Labute approximate surface area is 243 Å². The van der Waals surface area contributed by atoms with Crippen molar-refractivity contribution in [1.29, 1.82) is 0 Å². The molecule has 1 saturated carbocycles. The van der Waals surface area contributed by atoms with E-state index in [9.17, 15) is 9.59 Å². The van der Waals surface area contributed by atoms with Gasteiger partial charge in [-0.2, -0.15) is 0 Å². The highest BCUT2D eigenvalue weighted by molar-refractivity contribution is 8.26. The van der Waals surface area contributed by atoms with Crippen molar-refractivity contribution >= 4 is 51.7 Å². The number of thioether (sulfide) groups is 1. The van der Waals surface area contributed by atoms with Crippen LogP contribution in [0.2, 0.25) is 0 Å². The lowest BCUT2D eigenvalue weighted by Crippen LogP contribution is -2.30. The molecule has 0 spiro atoms. The number of carbonyl (C=O) groups excluding carboxylic acids is 1. The number of anilines is 1. The number of benzene rings is 1. The van der Waals surface area contributed by atoms with Gasteiger partial charge in [0.1, 0.15) is 15.8 Å². The largest absolute Gasteiger partial charge is 0.493 e. The average Bonchev–Trinajstić information content (AvgIpc) is 3.22. The number of pyridine rings is 1. The Morgan fingerprint density at radius 2 is 1.88 bits per heavy atom. The van der Waals surface area contributed by atoms with Gasteiger partial charge in [-0.3, -0.25) is 18.9 Å². The van der Waals surface area contributed by atoms with E-state index in [1.165, 1.54) is 11.8 Å². The summed E-state index contributed by atoms with van der Waals surface area (Å²) in [6, 6.07) is 9.71. The average molecular weight is 579 g/mol. The summed E-state index contributed by atoms with van der Waals surface area (Å²) < 4.78 is 12.7. The second-order valence-electron chi connectivity index (χ2n) is 10.4. The molecule has 1 amide bonds. The number of aryl methyl sites for hydroxylation is 1. The SMILES string of the molecule is COc1ccc(CCN2C(=O)/C(=C\c3c(NC4CCC(C)CC4)nc4c(C)cccn4c3=O)SC2=S)cc1OC. The first-order valence-electron chi connectivity index (χ1n) is 13.5. The Bertz CT molecular complexity index is 1540. The summed E-state index contributed by atoms with van der Waals surface area (Å²) in [7, 11) is 3.19. The second kappa shape index (κ2) is 12.0. The molecule has 2 aromatic heterocycles. The van der Waals surface area contributed by atoms with Crippen LogP contribution in [0, 0.1) is 12.8 Å². The van der Waals surface area contributed by atoms with Gasteiger partial charge in [-0.05, 0) is 80.3 Å². The van der Waals surface area contributed by atoms with Crippen molar-refractivity contribution in [2.75, 3.05) is 26.1 Å². The van der Waals surface area contributed by atoms with Crippen molar-refractivity contribution < 1.29 is 14.3 Å². The van der Waals surface area contributed by atoms with E-state index in [0.29, 0.717) is 56.6 Å². The van der Waals surface area contributed by atoms with E-state index >= 15 is 0 Å². The van der Waals surface area contributed by atoms with Crippen molar-refractivity contribution in [2.45, 2.75) is 52.0 Å². The number of nitrogens with zero attached hydrogens (tertiary/aromatic N) is 3. The summed E-state index contributed by atoms with van der Waals surface area (Å²) in [6.45, 7) is 4.63. The number of hydrogen-bond acceptors (Lipinski definition) is 8. The molecule has 0 unspecified atom stereocenters. The number of aromatic nitrogens is 2. The van der Waals surface area contributed by atoms with Crippen molar-refractivity contribution in [1.82, 2.24) is 14.3 Å². The van der Waals surface area contributed by atoms with Crippen LogP contribution in [0.25, 0.3) is 11.7 Å². The Hall–Kier alpha value is -3.37. The first-order valence-corrected chi connectivity index (χ1v) is 14.8. The summed E-state index contributed by atoms with van der Waals surface area (Å²) >= 11 is 6.80. The predicted molar refractivity (Wildman–Crippen MR) is 164 cm³/mol. The number of fused-ring (bicyclic) bond motifs is 1. The van der Waals surface area contributed by atoms with Crippen LogP contribution in [0.5, 0.6) is 11.5 Å². The smallest absolute Gasteiger partial charge is 0.267 e. The van der Waals surface area contributed by atoms with Gasteiger partial charge in [-0.15, -0.1) is 0 Å². The lowest BCUT2D eigenvalue weighted by molar-refractivity contribution is -0.122. The van der Waals surface area contributed by atoms with E-state index < -0.39 is 0 Å². The molecule has 1 aliphatic heterocycles. The minimum atomic E-state index is -0.212. The molecule has 1 saturated heterocycles. The molecule has 8 nitrogen and oxygen atoms in total. The van der Waals surface area contributed by atoms with E-state index in [2.05, 4.69) is 12.2 Å². The molecule has 0 radical (unpaired) electrons. The monoisotopic (exact) mass is 578 g/mol. The van der Waals surface area contributed by atoms with Crippen molar-refractivity contribution in [3.8, 4) is 11.5 Å². The molecule has 0 atom stereocenters. The second-order valence-corrected chi connectivity index (χ2v) is 12.1. The van der Waals surface area contributed by atoms with Crippen molar-refractivity contribution in [3.63, 3.8) is 0 Å². The Kier molecular flexibility index (Phi) is 8.46. The van der Waals surface area contributed by atoms with E-state index in [-0.39, 0.29) is 17.5 Å². The van der Waals surface area contributed by atoms with Gasteiger partial charge in [0.2, 0.25) is 0 Å². The molecular formula is C30H34N4O4S2. The van der Waals surface area contributed by atoms with Gasteiger partial charge in [0.05, 0.1) is 24.7 Å². The third kappa shape index (κ3) is 5.74. The zero-order chi connectivity index (χ0) is 28.4. The van der Waals surface area contributed by atoms with Crippen LogP contribution < -0.4 is 20.3 Å². The summed E-state index contributed by atoms with van der Waals surface area (Å²) in [6.07, 6.45) is 8.28. The molecule has 2 aliphatic rings. The number of amides is 1. The minimum absolute atomic E-state index is 0.207. The topological polar surface area (TPSA) is 85.2 Å². The van der Waals surface area contributed by atoms with Crippen LogP contribution in [0.1, 0.15) is 49.3 Å². The lowest BCUT2D eigenvalue weighted by atomic mass is 9.87. The van der Waals surface area contributed by atoms with Gasteiger partial charge < -0.3 is 14.8 Å². The molecule has 5 rings (SSSR count). The first kappa shape index (κ1) is 28.2. The molecule has 2 fully saturated rings. The molecule has 0 bridgehead atoms. The Morgan fingerprint density at radius 1 is 1.12 bits per heavy atom. The number of rotatable bonds is 8. The van der Waals surface area contributed by atoms with Crippen LogP contribution in [-0.2, 0) is 11.2 Å². The Balaban J connectivity index is 1.43. The predicted octanol–water partition coefficient (Wildman–Crippen LogP) is 5.45. The van der Waals surface area contributed by atoms with Gasteiger partial charge in [-0.1, -0.05) is 43.0 Å². The molecule has 40 heavy (non-hydrogen) atoms. The van der Waals surface area contributed by atoms with E-state index in [1.54, 1.807) is 35.8 Å². The molecule has 210 valence electrons. The Morgan fingerprint density at radius 3 is 2.60 bits per heavy atom. The first-order chi connectivity index (χ1) is 19.3. The number of methoxy groups -OCH3 is 2. The van der Waals surface area contributed by atoms with E-state index in [1.807, 2.05) is 37.3 Å². The minimum Gasteiger partial charge on any atom is -0.493 e. The molecular weight excluding hydrogens is 544 g/mol.